The Labute approximate surface area is 140 Å². The van der Waals surface area contributed by atoms with Gasteiger partial charge in [-0.25, -0.2) is 9.59 Å². The molecule has 2 aliphatic heterocycles. The minimum atomic E-state index is -0.925. The zero-order valence-corrected chi connectivity index (χ0v) is 13.7. The van der Waals surface area contributed by atoms with Crippen LogP contribution in [0, 0.1) is 0 Å². The van der Waals surface area contributed by atoms with Crippen molar-refractivity contribution in [1.82, 2.24) is 4.90 Å². The normalized spacial score (nSPS) is 25.2. The van der Waals surface area contributed by atoms with Crippen molar-refractivity contribution in [3.63, 3.8) is 0 Å². The van der Waals surface area contributed by atoms with E-state index in [4.69, 9.17) is 9.47 Å². The maximum atomic E-state index is 12.1. The molecule has 2 amide bonds. The van der Waals surface area contributed by atoms with Gasteiger partial charge in [0.25, 0.3) is 0 Å². The number of para-hydroxylation sites is 2. The van der Waals surface area contributed by atoms with Crippen LogP contribution in [0.15, 0.2) is 24.3 Å². The molecular weight excluding hydrogens is 312 g/mol. The average Bonchev–Trinajstić information content (AvgIpc) is 2.81. The lowest BCUT2D eigenvalue weighted by Gasteiger charge is -2.42. The number of nitrogens with zero attached hydrogens (tertiary/aromatic N) is 1. The lowest BCUT2D eigenvalue weighted by atomic mass is 9.89. The summed E-state index contributed by atoms with van der Waals surface area (Å²) in [7, 11) is 1.52. The van der Waals surface area contributed by atoms with Gasteiger partial charge in [-0.2, -0.15) is 0 Å². The summed E-state index contributed by atoms with van der Waals surface area (Å²) in [5.41, 5.74) is -0.0575. The molecule has 2 bridgehead atoms. The number of carbonyl (C=O) groups excluding carboxylic acids is 1. The largest absolute Gasteiger partial charge is 0.495 e. The highest BCUT2D eigenvalue weighted by molar-refractivity contribution is 5.86. The zero-order chi connectivity index (χ0) is 17.2. The third kappa shape index (κ3) is 2.98. The monoisotopic (exact) mass is 334 g/mol. The summed E-state index contributed by atoms with van der Waals surface area (Å²) in [5, 5.41) is 12.2. The summed E-state index contributed by atoms with van der Waals surface area (Å²) < 4.78 is 10.6. The maximum Gasteiger partial charge on any atom is 0.411 e. The highest BCUT2D eigenvalue weighted by Gasteiger charge is 2.52. The number of methoxy groups -OCH3 is 1. The molecule has 2 atom stereocenters. The zero-order valence-electron chi connectivity index (χ0n) is 13.7. The Bertz CT molecular complexity index is 631. The molecule has 2 fully saturated rings. The van der Waals surface area contributed by atoms with Gasteiger partial charge >= 0.3 is 12.2 Å². The van der Waals surface area contributed by atoms with Gasteiger partial charge in [0, 0.05) is 6.04 Å². The lowest BCUT2D eigenvalue weighted by Crippen LogP contribution is -2.55. The van der Waals surface area contributed by atoms with E-state index in [9.17, 15) is 14.7 Å². The first kappa shape index (κ1) is 16.4. The molecule has 1 aromatic carbocycles. The quantitative estimate of drug-likeness (QED) is 0.882. The number of fused-ring (bicyclic) bond motifs is 2. The van der Waals surface area contributed by atoms with Crippen LogP contribution in [0.2, 0.25) is 0 Å². The molecule has 0 saturated carbocycles. The van der Waals surface area contributed by atoms with Gasteiger partial charge in [0.15, 0.2) is 0 Å². The van der Waals surface area contributed by atoms with Gasteiger partial charge in [-0.3, -0.25) is 10.2 Å². The Hall–Kier alpha value is -2.44. The molecule has 1 aromatic rings. The van der Waals surface area contributed by atoms with E-state index in [0.29, 0.717) is 11.4 Å². The van der Waals surface area contributed by atoms with Gasteiger partial charge in [-0.05, 0) is 44.2 Å². The number of anilines is 1. The van der Waals surface area contributed by atoms with Crippen LogP contribution in [0.25, 0.3) is 0 Å². The van der Waals surface area contributed by atoms with Crippen LogP contribution in [0.3, 0.4) is 0 Å². The highest BCUT2D eigenvalue weighted by atomic mass is 16.6. The third-order valence-corrected chi connectivity index (χ3v) is 5.02. The van der Waals surface area contributed by atoms with Crippen LogP contribution in [-0.4, -0.2) is 47.5 Å². The standard InChI is InChI=1S/C17H22N2O5/c1-23-14-7-3-2-6-13(14)18-15(20)24-11-17-9-4-5-12(8-10-17)19(17)16(21)22/h2-3,6-7,12H,4-5,8-11H2,1H3,(H,18,20)(H,21,22). The van der Waals surface area contributed by atoms with Crippen LogP contribution in [-0.2, 0) is 4.74 Å². The number of benzene rings is 1. The van der Waals surface area contributed by atoms with Gasteiger partial charge in [0.05, 0.1) is 18.3 Å². The predicted octanol–water partition coefficient (Wildman–Crippen LogP) is 3.31. The molecule has 0 aromatic heterocycles. The number of piperidine rings is 1. The SMILES string of the molecule is COc1ccccc1NC(=O)OCC12CCCC(CC1)N2C(=O)O. The van der Waals surface area contributed by atoms with E-state index in [1.54, 1.807) is 24.3 Å². The van der Waals surface area contributed by atoms with Crippen molar-refractivity contribution >= 4 is 17.9 Å². The molecule has 2 heterocycles. The number of amides is 2. The Morgan fingerprint density at radius 3 is 2.88 bits per heavy atom. The lowest BCUT2D eigenvalue weighted by molar-refractivity contribution is 0.0110. The molecule has 24 heavy (non-hydrogen) atoms. The fraction of sp³-hybridized carbons (Fsp3) is 0.529. The smallest absolute Gasteiger partial charge is 0.411 e. The minimum Gasteiger partial charge on any atom is -0.495 e. The van der Waals surface area contributed by atoms with E-state index in [1.807, 2.05) is 0 Å². The van der Waals surface area contributed by atoms with Gasteiger partial charge in [-0.1, -0.05) is 12.1 Å². The van der Waals surface area contributed by atoms with Crippen molar-refractivity contribution in [2.45, 2.75) is 43.7 Å². The van der Waals surface area contributed by atoms with Crippen molar-refractivity contribution < 1.29 is 24.2 Å². The van der Waals surface area contributed by atoms with Crippen molar-refractivity contribution in [3.8, 4) is 5.75 Å². The molecule has 2 unspecified atom stereocenters. The Morgan fingerprint density at radius 2 is 2.12 bits per heavy atom. The number of carbonyl (C=O) groups is 2. The molecular formula is C17H22N2O5. The van der Waals surface area contributed by atoms with E-state index < -0.39 is 17.7 Å². The van der Waals surface area contributed by atoms with E-state index >= 15 is 0 Å². The molecule has 2 aliphatic rings. The number of carboxylic acid groups (broad SMARTS) is 1. The van der Waals surface area contributed by atoms with E-state index in [2.05, 4.69) is 5.32 Å². The van der Waals surface area contributed by atoms with Crippen molar-refractivity contribution in [2.24, 2.45) is 0 Å². The second-order valence-electron chi connectivity index (χ2n) is 6.36. The summed E-state index contributed by atoms with van der Waals surface area (Å²) in [6, 6.07) is 7.10. The maximum absolute atomic E-state index is 12.1. The summed E-state index contributed by atoms with van der Waals surface area (Å²) in [5.74, 6) is 0.540. The van der Waals surface area contributed by atoms with E-state index in [1.165, 1.54) is 12.0 Å². The molecule has 0 aliphatic carbocycles. The topological polar surface area (TPSA) is 88.1 Å². The Balaban J connectivity index is 1.64. The molecule has 3 rings (SSSR count). The van der Waals surface area contributed by atoms with Gasteiger partial charge in [0.1, 0.15) is 12.4 Å². The van der Waals surface area contributed by atoms with Gasteiger partial charge < -0.3 is 14.6 Å². The van der Waals surface area contributed by atoms with Gasteiger partial charge in [0.2, 0.25) is 0 Å². The fourth-order valence-corrected chi connectivity index (χ4v) is 3.92. The van der Waals surface area contributed by atoms with Crippen molar-refractivity contribution in [3.05, 3.63) is 24.3 Å². The van der Waals surface area contributed by atoms with Crippen LogP contribution in [0.5, 0.6) is 5.75 Å². The number of rotatable bonds is 4. The first-order valence-electron chi connectivity index (χ1n) is 8.15. The summed E-state index contributed by atoms with van der Waals surface area (Å²) in [6.07, 6.45) is 2.64. The van der Waals surface area contributed by atoms with Crippen LogP contribution in [0.1, 0.15) is 32.1 Å². The molecule has 7 heteroatoms. The molecule has 2 saturated heterocycles. The molecule has 7 nitrogen and oxygen atoms in total. The van der Waals surface area contributed by atoms with Crippen LogP contribution < -0.4 is 10.1 Å². The van der Waals surface area contributed by atoms with Crippen LogP contribution in [0.4, 0.5) is 15.3 Å². The fourth-order valence-electron chi connectivity index (χ4n) is 3.92. The molecule has 2 N–H and O–H groups in total. The van der Waals surface area contributed by atoms with Crippen LogP contribution >= 0.6 is 0 Å². The Morgan fingerprint density at radius 1 is 1.33 bits per heavy atom. The number of hydrogen-bond donors (Lipinski definition) is 2. The second-order valence-corrected chi connectivity index (χ2v) is 6.36. The minimum absolute atomic E-state index is 0.0529. The number of nitrogens with one attached hydrogen (secondary N) is 1. The molecule has 0 spiro atoms. The third-order valence-electron chi connectivity index (χ3n) is 5.02. The highest BCUT2D eigenvalue weighted by Crippen LogP contribution is 2.44. The Kier molecular flexibility index (Phi) is 4.51. The summed E-state index contributed by atoms with van der Waals surface area (Å²) in [6.45, 7) is 0.0801. The second kappa shape index (κ2) is 6.59. The summed E-state index contributed by atoms with van der Waals surface area (Å²) >= 11 is 0. The van der Waals surface area contributed by atoms with E-state index in [0.717, 1.165) is 32.1 Å². The van der Waals surface area contributed by atoms with E-state index in [-0.39, 0.29) is 12.6 Å². The average molecular weight is 334 g/mol. The molecule has 0 radical (unpaired) electrons. The van der Waals surface area contributed by atoms with Crippen molar-refractivity contribution in [1.29, 1.82) is 0 Å². The number of ether oxygens (including phenoxy) is 2. The number of hydrogen-bond acceptors (Lipinski definition) is 4. The van der Waals surface area contributed by atoms with Crippen molar-refractivity contribution in [2.75, 3.05) is 19.0 Å². The summed E-state index contributed by atoms with van der Waals surface area (Å²) in [4.78, 5) is 25.2. The predicted molar refractivity (Wildman–Crippen MR) is 87.4 cm³/mol. The first-order valence-corrected chi connectivity index (χ1v) is 8.15. The molecule has 130 valence electrons. The first-order chi connectivity index (χ1) is 11.6. The van der Waals surface area contributed by atoms with Gasteiger partial charge in [-0.15, -0.1) is 0 Å².